The van der Waals surface area contributed by atoms with Crippen LogP contribution < -0.4 is 10.6 Å². The molecule has 8 rings (SSSR count). The molecule has 0 unspecified atom stereocenters. The Kier molecular flexibility index (Phi) is 9.61. The Morgan fingerprint density at radius 3 is 1.02 bits per heavy atom. The third-order valence-electron chi connectivity index (χ3n) is 10.7. The van der Waals surface area contributed by atoms with Gasteiger partial charge in [0.2, 0.25) is 0 Å². The van der Waals surface area contributed by atoms with Gasteiger partial charge in [-0.05, 0) is 118 Å². The highest BCUT2D eigenvalue weighted by Gasteiger charge is 2.35. The lowest BCUT2D eigenvalue weighted by molar-refractivity contribution is 0.835. The van der Waals surface area contributed by atoms with Crippen LogP contribution in [0.2, 0.25) is 0 Å². The zero-order chi connectivity index (χ0) is 28.1. The number of hydrogen-bond acceptors (Lipinski definition) is 0. The SMILES string of the molecule is [c]1c(P(C2CCCC2)C2CCCC2)ccc2ccccc12.[c]1c(P(C2CCCC2)C2CCCC2)ccc2ccccc12. The van der Waals surface area contributed by atoms with Crippen molar-refractivity contribution in [2.24, 2.45) is 0 Å². The Labute approximate surface area is 257 Å². The summed E-state index contributed by atoms with van der Waals surface area (Å²) in [6.07, 6.45) is 23.5. The highest BCUT2D eigenvalue weighted by Crippen LogP contribution is 2.57. The number of hydrogen-bond donors (Lipinski definition) is 0. The van der Waals surface area contributed by atoms with Gasteiger partial charge in [0, 0.05) is 0 Å². The lowest BCUT2D eigenvalue weighted by Gasteiger charge is -2.30. The smallest absolute Gasteiger partial charge is 0.00155 e. The number of fused-ring (bicyclic) bond motifs is 2. The van der Waals surface area contributed by atoms with E-state index in [9.17, 15) is 0 Å². The first-order valence-electron chi connectivity index (χ1n) is 17.2. The van der Waals surface area contributed by atoms with Crippen LogP contribution in [-0.2, 0) is 0 Å². The molecule has 0 spiro atoms. The topological polar surface area (TPSA) is 0 Å². The Bertz CT molecular complexity index is 1290. The summed E-state index contributed by atoms with van der Waals surface area (Å²) in [6.45, 7) is 0. The van der Waals surface area contributed by atoms with Crippen molar-refractivity contribution in [2.45, 2.75) is 125 Å². The molecular weight excluding hydrogens is 542 g/mol. The summed E-state index contributed by atoms with van der Waals surface area (Å²) in [5.41, 5.74) is 3.95. The summed E-state index contributed by atoms with van der Waals surface area (Å²) in [6, 6.07) is 34.5. The molecule has 4 aromatic carbocycles. The molecule has 4 aromatic rings. The van der Waals surface area contributed by atoms with E-state index >= 15 is 0 Å². The van der Waals surface area contributed by atoms with Gasteiger partial charge in [-0.25, -0.2) is 0 Å². The Balaban J connectivity index is 0.000000137. The molecule has 0 atom stereocenters. The van der Waals surface area contributed by atoms with Crippen molar-refractivity contribution in [2.75, 3.05) is 0 Å². The highest BCUT2D eigenvalue weighted by atomic mass is 31.1. The normalized spacial score (nSPS) is 20.8. The monoisotopic (exact) mass is 590 g/mol. The first-order valence-corrected chi connectivity index (χ1v) is 20.2. The minimum Gasteiger partial charge on any atom is -0.0683 e. The van der Waals surface area contributed by atoms with Crippen LogP contribution in [0.15, 0.2) is 72.8 Å². The molecule has 0 aliphatic heterocycles. The summed E-state index contributed by atoms with van der Waals surface area (Å²) in [7, 11) is 0.0264. The lowest BCUT2D eigenvalue weighted by atomic mass is 10.1. The molecule has 0 nitrogen and oxygen atoms in total. The summed E-state index contributed by atoms with van der Waals surface area (Å²) < 4.78 is 0. The van der Waals surface area contributed by atoms with E-state index in [-0.39, 0.29) is 15.8 Å². The number of benzene rings is 4. The second-order valence-corrected chi connectivity index (χ2v) is 18.9. The third-order valence-corrected chi connectivity index (χ3v) is 17.6. The van der Waals surface area contributed by atoms with Crippen LogP contribution in [0.1, 0.15) is 103 Å². The van der Waals surface area contributed by atoms with Gasteiger partial charge in [0.05, 0.1) is 0 Å². The van der Waals surface area contributed by atoms with Gasteiger partial charge in [-0.15, -0.1) is 0 Å². The summed E-state index contributed by atoms with van der Waals surface area (Å²) in [4.78, 5) is 0. The van der Waals surface area contributed by atoms with Crippen molar-refractivity contribution in [3.8, 4) is 0 Å². The van der Waals surface area contributed by atoms with E-state index in [0.717, 1.165) is 22.6 Å². The van der Waals surface area contributed by atoms with Crippen LogP contribution in [-0.4, -0.2) is 22.6 Å². The Hall–Kier alpha value is -1.74. The van der Waals surface area contributed by atoms with Gasteiger partial charge in [0.1, 0.15) is 0 Å². The van der Waals surface area contributed by atoms with E-state index in [1.165, 1.54) is 124 Å². The maximum atomic E-state index is 3.81. The van der Waals surface area contributed by atoms with Gasteiger partial charge >= 0.3 is 0 Å². The van der Waals surface area contributed by atoms with E-state index in [1.807, 2.05) is 0 Å². The second-order valence-electron chi connectivity index (χ2n) is 13.4. The zero-order valence-electron chi connectivity index (χ0n) is 25.4. The molecule has 0 aromatic heterocycles. The van der Waals surface area contributed by atoms with Crippen molar-refractivity contribution in [3.05, 3.63) is 84.9 Å². The fourth-order valence-corrected chi connectivity index (χ4v) is 16.1. The van der Waals surface area contributed by atoms with Gasteiger partial charge in [-0.2, -0.15) is 0 Å². The first-order chi connectivity index (χ1) is 20.8. The summed E-state index contributed by atoms with van der Waals surface area (Å²) in [5.74, 6) is 0. The molecule has 2 heteroatoms. The van der Waals surface area contributed by atoms with E-state index in [0.29, 0.717) is 0 Å². The largest absolute Gasteiger partial charge is 0.0683 e. The Morgan fingerprint density at radius 1 is 0.381 bits per heavy atom. The minimum atomic E-state index is 0.0132. The predicted octanol–water partition coefficient (Wildman–Crippen LogP) is 11.3. The molecule has 4 fully saturated rings. The van der Waals surface area contributed by atoms with Crippen molar-refractivity contribution in [1.29, 1.82) is 0 Å². The van der Waals surface area contributed by atoms with Gasteiger partial charge in [0.15, 0.2) is 0 Å². The first kappa shape index (κ1) is 29.0. The van der Waals surface area contributed by atoms with Crippen LogP contribution in [0, 0.1) is 12.1 Å². The van der Waals surface area contributed by atoms with Crippen LogP contribution in [0.5, 0.6) is 0 Å². The quantitative estimate of drug-likeness (QED) is 0.196. The molecule has 0 bridgehead atoms. The molecule has 4 aliphatic rings. The van der Waals surface area contributed by atoms with E-state index < -0.39 is 0 Å². The van der Waals surface area contributed by atoms with Crippen LogP contribution >= 0.6 is 15.8 Å². The molecule has 0 saturated heterocycles. The second kappa shape index (κ2) is 13.9. The van der Waals surface area contributed by atoms with Crippen LogP contribution in [0.4, 0.5) is 0 Å². The maximum Gasteiger partial charge on any atom is -0.00155 e. The Morgan fingerprint density at radius 2 is 0.690 bits per heavy atom. The minimum absolute atomic E-state index is 0.0132. The van der Waals surface area contributed by atoms with Crippen molar-refractivity contribution < 1.29 is 0 Å². The average Bonchev–Trinajstić information content (AvgIpc) is 3.88. The average molecular weight is 591 g/mol. The summed E-state index contributed by atoms with van der Waals surface area (Å²) >= 11 is 0. The molecule has 0 amide bonds. The molecule has 4 saturated carbocycles. The molecule has 0 heterocycles. The maximum absolute atomic E-state index is 3.81. The van der Waals surface area contributed by atoms with Crippen LogP contribution in [0.25, 0.3) is 21.5 Å². The fraction of sp³-hybridized carbons (Fsp3) is 0.500. The standard InChI is InChI=1S/2C20H24P/c2*1-2-8-17-15-20(14-13-16(17)7-1)21(18-9-3-4-10-18)19-11-5-6-12-19/h2*1-2,7-8,13-14,18-19H,3-6,9-12H2. The zero-order valence-corrected chi connectivity index (χ0v) is 27.2. The van der Waals surface area contributed by atoms with Crippen molar-refractivity contribution in [3.63, 3.8) is 0 Å². The van der Waals surface area contributed by atoms with E-state index in [2.05, 4.69) is 84.9 Å². The van der Waals surface area contributed by atoms with Gasteiger partial charge in [-0.1, -0.05) is 140 Å². The number of rotatable bonds is 6. The summed E-state index contributed by atoms with van der Waals surface area (Å²) in [5, 5.41) is 8.46. The lowest BCUT2D eigenvalue weighted by Crippen LogP contribution is -2.19. The fourth-order valence-electron chi connectivity index (χ4n) is 8.62. The molecule has 218 valence electrons. The highest BCUT2D eigenvalue weighted by molar-refractivity contribution is 7.67. The van der Waals surface area contributed by atoms with Crippen LogP contribution in [0.3, 0.4) is 0 Å². The van der Waals surface area contributed by atoms with Gasteiger partial charge in [-0.3, -0.25) is 0 Å². The molecule has 2 radical (unpaired) electrons. The molecular formula is C40H48P2. The van der Waals surface area contributed by atoms with Gasteiger partial charge < -0.3 is 0 Å². The third kappa shape index (κ3) is 6.52. The molecule has 0 N–H and O–H groups in total. The van der Waals surface area contributed by atoms with Crippen molar-refractivity contribution in [1.82, 2.24) is 0 Å². The van der Waals surface area contributed by atoms with Crippen molar-refractivity contribution >= 4 is 48.0 Å². The molecule has 4 aliphatic carbocycles. The molecule has 42 heavy (non-hydrogen) atoms. The van der Waals surface area contributed by atoms with Gasteiger partial charge in [0.25, 0.3) is 0 Å². The van der Waals surface area contributed by atoms with E-state index in [4.69, 9.17) is 0 Å². The van der Waals surface area contributed by atoms with E-state index in [1.54, 1.807) is 10.6 Å². The predicted molar refractivity (Wildman–Crippen MR) is 188 cm³/mol.